The van der Waals surface area contributed by atoms with Crippen molar-refractivity contribution in [2.24, 2.45) is 0 Å². The summed E-state index contributed by atoms with van der Waals surface area (Å²) < 4.78 is 0. The molecule has 0 bridgehead atoms. The minimum Gasteiger partial charge on any atom is -0.351 e. The topological polar surface area (TPSA) is 49.4 Å². The van der Waals surface area contributed by atoms with Crippen molar-refractivity contribution in [2.45, 2.75) is 32.7 Å². The van der Waals surface area contributed by atoms with Crippen LogP contribution in [0, 0.1) is 0 Å². The molecule has 0 aliphatic carbocycles. The van der Waals surface area contributed by atoms with E-state index in [0.29, 0.717) is 19.5 Å². The van der Waals surface area contributed by atoms with Gasteiger partial charge in [0.05, 0.1) is 0 Å². The van der Waals surface area contributed by atoms with Crippen molar-refractivity contribution in [3.63, 3.8) is 0 Å². The van der Waals surface area contributed by atoms with Gasteiger partial charge in [0.2, 0.25) is 11.8 Å². The van der Waals surface area contributed by atoms with E-state index in [9.17, 15) is 9.59 Å². The van der Waals surface area contributed by atoms with Crippen LogP contribution < -0.4 is 5.32 Å². The van der Waals surface area contributed by atoms with Crippen LogP contribution in [0.1, 0.15) is 27.2 Å². The van der Waals surface area contributed by atoms with Crippen LogP contribution >= 0.6 is 0 Å². The van der Waals surface area contributed by atoms with E-state index in [0.717, 1.165) is 0 Å². The highest BCUT2D eigenvalue weighted by atomic mass is 16.2. The molecule has 0 saturated heterocycles. The summed E-state index contributed by atoms with van der Waals surface area (Å²) in [4.78, 5) is 24.3. The number of nitrogens with one attached hydrogen (secondary N) is 1. The molecule has 4 heteroatoms. The normalized spacial score (nSPS) is 15.9. The van der Waals surface area contributed by atoms with Crippen LogP contribution in [0.25, 0.3) is 0 Å². The van der Waals surface area contributed by atoms with Gasteiger partial charge < -0.3 is 10.2 Å². The molecule has 1 N–H and O–H groups in total. The lowest BCUT2D eigenvalue weighted by Gasteiger charge is -2.21. The van der Waals surface area contributed by atoms with Crippen molar-refractivity contribution >= 4 is 11.8 Å². The van der Waals surface area contributed by atoms with Gasteiger partial charge in [0.15, 0.2) is 0 Å². The van der Waals surface area contributed by atoms with Gasteiger partial charge in [-0.05, 0) is 20.8 Å². The molecule has 1 heterocycles. The summed E-state index contributed by atoms with van der Waals surface area (Å²) in [7, 11) is 0. The first kappa shape index (κ1) is 11.8. The zero-order valence-electron chi connectivity index (χ0n) is 9.54. The number of nitrogens with zero attached hydrogens (tertiary/aromatic N) is 1. The third-order valence-corrected chi connectivity index (χ3v) is 2.02. The summed E-state index contributed by atoms with van der Waals surface area (Å²) in [5.74, 6) is -0.0132. The Balaban J connectivity index is 2.26. The molecule has 2 amide bonds. The molecule has 0 aromatic rings. The SMILES string of the molecule is CC(C)(C)NC(=O)CCN1CC=CC1=O. The summed E-state index contributed by atoms with van der Waals surface area (Å²) in [5.41, 5.74) is -0.204. The molecule has 0 unspecified atom stereocenters. The quantitative estimate of drug-likeness (QED) is 0.745. The molecular weight excluding hydrogens is 192 g/mol. The third-order valence-electron chi connectivity index (χ3n) is 2.02. The summed E-state index contributed by atoms with van der Waals surface area (Å²) >= 11 is 0. The second-order valence-corrected chi connectivity index (χ2v) is 4.73. The van der Waals surface area contributed by atoms with E-state index in [1.807, 2.05) is 26.8 Å². The second-order valence-electron chi connectivity index (χ2n) is 4.73. The van der Waals surface area contributed by atoms with Gasteiger partial charge in [0.1, 0.15) is 0 Å². The Bertz CT molecular complexity index is 289. The maximum absolute atomic E-state index is 11.5. The average Bonchev–Trinajstić information content (AvgIpc) is 2.44. The van der Waals surface area contributed by atoms with Crippen LogP contribution in [-0.4, -0.2) is 35.3 Å². The van der Waals surface area contributed by atoms with Crippen molar-refractivity contribution in [2.75, 3.05) is 13.1 Å². The highest BCUT2D eigenvalue weighted by molar-refractivity contribution is 5.90. The number of carbonyl (C=O) groups excluding carboxylic acids is 2. The van der Waals surface area contributed by atoms with E-state index in [-0.39, 0.29) is 17.4 Å². The Morgan fingerprint density at radius 3 is 2.67 bits per heavy atom. The van der Waals surface area contributed by atoms with Gasteiger partial charge in [0.25, 0.3) is 0 Å². The number of hydrogen-bond donors (Lipinski definition) is 1. The van der Waals surface area contributed by atoms with Crippen LogP contribution in [-0.2, 0) is 9.59 Å². The van der Waals surface area contributed by atoms with Crippen molar-refractivity contribution < 1.29 is 9.59 Å². The molecule has 0 spiro atoms. The van der Waals surface area contributed by atoms with E-state index >= 15 is 0 Å². The molecule has 1 aliphatic rings. The lowest BCUT2D eigenvalue weighted by Crippen LogP contribution is -2.42. The molecule has 0 radical (unpaired) electrons. The lowest BCUT2D eigenvalue weighted by atomic mass is 10.1. The van der Waals surface area contributed by atoms with Gasteiger partial charge in [-0.25, -0.2) is 0 Å². The number of amides is 2. The van der Waals surface area contributed by atoms with E-state index in [2.05, 4.69) is 5.32 Å². The van der Waals surface area contributed by atoms with Gasteiger partial charge in [-0.2, -0.15) is 0 Å². The molecule has 1 rings (SSSR count). The maximum Gasteiger partial charge on any atom is 0.246 e. The van der Waals surface area contributed by atoms with Crippen molar-refractivity contribution in [3.8, 4) is 0 Å². The molecule has 15 heavy (non-hydrogen) atoms. The van der Waals surface area contributed by atoms with Crippen molar-refractivity contribution in [1.82, 2.24) is 10.2 Å². The summed E-state index contributed by atoms with van der Waals surface area (Å²) in [5, 5.41) is 2.86. The van der Waals surface area contributed by atoms with Crippen molar-refractivity contribution in [1.29, 1.82) is 0 Å². The summed E-state index contributed by atoms with van der Waals surface area (Å²) in [6.45, 7) is 6.93. The highest BCUT2D eigenvalue weighted by Crippen LogP contribution is 2.03. The fourth-order valence-corrected chi connectivity index (χ4v) is 1.39. The first-order valence-electron chi connectivity index (χ1n) is 5.15. The number of hydrogen-bond acceptors (Lipinski definition) is 2. The maximum atomic E-state index is 11.5. The first-order chi connectivity index (χ1) is 6.88. The molecule has 0 atom stereocenters. The Labute approximate surface area is 90.3 Å². The third kappa shape index (κ3) is 4.14. The molecule has 0 saturated carbocycles. The fourth-order valence-electron chi connectivity index (χ4n) is 1.39. The van der Waals surface area contributed by atoms with Gasteiger partial charge in [-0.1, -0.05) is 6.08 Å². The lowest BCUT2D eigenvalue weighted by molar-refractivity contribution is -0.126. The Morgan fingerprint density at radius 1 is 1.53 bits per heavy atom. The number of rotatable bonds is 3. The van der Waals surface area contributed by atoms with Gasteiger partial charge in [0, 0.05) is 31.1 Å². The van der Waals surface area contributed by atoms with Gasteiger partial charge >= 0.3 is 0 Å². The fraction of sp³-hybridized carbons (Fsp3) is 0.636. The van der Waals surface area contributed by atoms with Gasteiger partial charge in [-0.3, -0.25) is 9.59 Å². The zero-order chi connectivity index (χ0) is 11.5. The standard InChI is InChI=1S/C11H18N2O2/c1-11(2,3)12-9(14)6-8-13-7-4-5-10(13)15/h4-5H,6-8H2,1-3H3,(H,12,14). The average molecular weight is 210 g/mol. The monoisotopic (exact) mass is 210 g/mol. The number of carbonyl (C=O) groups is 2. The largest absolute Gasteiger partial charge is 0.351 e. The molecule has 1 aliphatic heterocycles. The summed E-state index contributed by atoms with van der Waals surface area (Å²) in [6, 6.07) is 0. The molecule has 0 aromatic heterocycles. The zero-order valence-corrected chi connectivity index (χ0v) is 9.54. The second kappa shape index (κ2) is 4.47. The van der Waals surface area contributed by atoms with Crippen molar-refractivity contribution in [3.05, 3.63) is 12.2 Å². The van der Waals surface area contributed by atoms with E-state index in [1.54, 1.807) is 11.0 Å². The van der Waals surface area contributed by atoms with Crippen LogP contribution in [0.4, 0.5) is 0 Å². The van der Waals surface area contributed by atoms with E-state index < -0.39 is 0 Å². The molecular formula is C11H18N2O2. The minimum atomic E-state index is -0.204. The predicted octanol–water partition coefficient (Wildman–Crippen LogP) is 0.690. The predicted molar refractivity (Wildman–Crippen MR) is 58.2 cm³/mol. The minimum absolute atomic E-state index is 0.00133. The smallest absolute Gasteiger partial charge is 0.246 e. The molecule has 0 aromatic carbocycles. The van der Waals surface area contributed by atoms with Crippen LogP contribution in [0.2, 0.25) is 0 Å². The Kier molecular flexibility index (Phi) is 3.50. The molecule has 4 nitrogen and oxygen atoms in total. The van der Waals surface area contributed by atoms with Crippen LogP contribution in [0.15, 0.2) is 12.2 Å². The van der Waals surface area contributed by atoms with Crippen LogP contribution in [0.3, 0.4) is 0 Å². The first-order valence-corrected chi connectivity index (χ1v) is 5.15. The van der Waals surface area contributed by atoms with Crippen LogP contribution in [0.5, 0.6) is 0 Å². The Hall–Kier alpha value is -1.32. The molecule has 84 valence electrons. The Morgan fingerprint density at radius 2 is 2.20 bits per heavy atom. The highest BCUT2D eigenvalue weighted by Gasteiger charge is 2.17. The summed E-state index contributed by atoms with van der Waals surface area (Å²) in [6.07, 6.45) is 3.72. The van der Waals surface area contributed by atoms with Gasteiger partial charge in [-0.15, -0.1) is 0 Å². The van der Waals surface area contributed by atoms with E-state index in [4.69, 9.17) is 0 Å². The van der Waals surface area contributed by atoms with E-state index in [1.165, 1.54) is 0 Å². The molecule has 0 fully saturated rings.